The van der Waals surface area contributed by atoms with Crippen molar-refractivity contribution < 1.29 is 19.2 Å². The molecule has 2 aliphatic heterocycles. The summed E-state index contributed by atoms with van der Waals surface area (Å²) < 4.78 is 0. The van der Waals surface area contributed by atoms with E-state index in [1.165, 1.54) is 9.80 Å². The molecule has 0 radical (unpaired) electrons. The minimum absolute atomic E-state index is 0.222. The highest BCUT2D eigenvalue weighted by molar-refractivity contribution is 7.80. The molecule has 2 heterocycles. The zero-order chi connectivity index (χ0) is 34.5. The highest BCUT2D eigenvalue weighted by Crippen LogP contribution is 2.37. The summed E-state index contributed by atoms with van der Waals surface area (Å²) in [5, 5.41) is 3.46. The van der Waals surface area contributed by atoms with E-state index in [2.05, 4.69) is 61.7 Å². The predicted molar refractivity (Wildman–Crippen MR) is 206 cm³/mol. The number of carbonyl (C=O) groups is 4. The van der Waals surface area contributed by atoms with Gasteiger partial charge in [0.1, 0.15) is 0 Å². The van der Waals surface area contributed by atoms with Gasteiger partial charge in [0, 0.05) is 107 Å². The van der Waals surface area contributed by atoms with Crippen LogP contribution in [0.2, 0.25) is 0 Å². The second kappa shape index (κ2) is 15.7. The molecular formula is C37H42N4O4S3. The Morgan fingerprint density at radius 1 is 0.542 bits per heavy atom. The monoisotopic (exact) mass is 702 g/mol. The molecule has 4 amide bonds. The van der Waals surface area contributed by atoms with Crippen LogP contribution in [0.1, 0.15) is 67.6 Å². The minimum atomic E-state index is -0.234. The molecule has 4 aromatic rings. The average Bonchev–Trinajstić information content (AvgIpc) is 3.10. The molecule has 48 heavy (non-hydrogen) atoms. The summed E-state index contributed by atoms with van der Waals surface area (Å²) >= 11 is 12.6. The van der Waals surface area contributed by atoms with E-state index in [0.717, 1.165) is 71.0 Å². The molecule has 6 rings (SSSR count). The van der Waals surface area contributed by atoms with Gasteiger partial charge in [-0.05, 0) is 55.0 Å². The summed E-state index contributed by atoms with van der Waals surface area (Å²) in [6.45, 7) is 4.63. The number of amides is 4. The zero-order valence-electron chi connectivity index (χ0n) is 27.6. The van der Waals surface area contributed by atoms with Gasteiger partial charge in [0.05, 0.1) is 0 Å². The third-order valence-electron chi connectivity index (χ3n) is 8.91. The fraction of sp³-hybridized carbons (Fsp3) is 0.351. The Kier molecular flexibility index (Phi) is 11.7. The summed E-state index contributed by atoms with van der Waals surface area (Å²) in [7, 11) is 4.08. The number of carbonyl (C=O) groups excluding carboxylic acids is 4. The van der Waals surface area contributed by atoms with Crippen LogP contribution in [-0.2, 0) is 0 Å². The lowest BCUT2D eigenvalue weighted by molar-refractivity contribution is 0.0605. The summed E-state index contributed by atoms with van der Waals surface area (Å²) in [4.78, 5) is 57.8. The maximum Gasteiger partial charge on any atom is 0.261 e. The second-order valence-electron chi connectivity index (χ2n) is 12.0. The fourth-order valence-electron chi connectivity index (χ4n) is 6.48. The first-order chi connectivity index (χ1) is 23.2. The smallest absolute Gasteiger partial charge is 0.261 e. The van der Waals surface area contributed by atoms with E-state index < -0.39 is 0 Å². The van der Waals surface area contributed by atoms with Gasteiger partial charge in [0.15, 0.2) is 0 Å². The van der Waals surface area contributed by atoms with E-state index >= 15 is 0 Å². The summed E-state index contributed by atoms with van der Waals surface area (Å²) in [6.07, 6.45) is 3.20. The predicted octanol–water partition coefficient (Wildman–Crippen LogP) is 6.72. The summed E-state index contributed by atoms with van der Waals surface area (Å²) in [5.41, 5.74) is 4.49. The number of thiol groups is 3. The van der Waals surface area contributed by atoms with Crippen molar-refractivity contribution in [2.75, 3.05) is 67.3 Å². The Bertz CT molecular complexity index is 1700. The molecule has 0 fully saturated rings. The van der Waals surface area contributed by atoms with Crippen LogP contribution in [0.3, 0.4) is 0 Å². The van der Waals surface area contributed by atoms with E-state index in [1.807, 2.05) is 61.6 Å². The van der Waals surface area contributed by atoms with E-state index in [0.29, 0.717) is 46.8 Å². The molecule has 2 aliphatic rings. The van der Waals surface area contributed by atoms with Gasteiger partial charge in [0.2, 0.25) is 0 Å². The van der Waals surface area contributed by atoms with E-state index in [4.69, 9.17) is 0 Å². The van der Waals surface area contributed by atoms with Gasteiger partial charge in [-0.1, -0.05) is 37.6 Å². The first-order valence-electron chi connectivity index (χ1n) is 16.3. The molecule has 0 saturated carbocycles. The molecule has 4 aromatic carbocycles. The first kappa shape index (κ1) is 35.6. The van der Waals surface area contributed by atoms with Crippen LogP contribution in [0, 0.1) is 0 Å². The van der Waals surface area contributed by atoms with Crippen LogP contribution in [0.5, 0.6) is 0 Å². The van der Waals surface area contributed by atoms with Crippen molar-refractivity contribution in [1.82, 2.24) is 9.80 Å². The Balaban J connectivity index is 0.000000188. The van der Waals surface area contributed by atoms with Gasteiger partial charge in [-0.25, -0.2) is 0 Å². The van der Waals surface area contributed by atoms with Gasteiger partial charge >= 0.3 is 0 Å². The van der Waals surface area contributed by atoms with Gasteiger partial charge in [0.25, 0.3) is 23.6 Å². The van der Waals surface area contributed by atoms with Crippen LogP contribution >= 0.6 is 37.9 Å². The number of unbranched alkanes of at least 4 members (excludes halogenated alkanes) is 1. The SMILES string of the molecule is CCCCN(C)c1ccc2c3c(cccc13)C(=O)N(CCS)C2=O.CN(CCCS)c1ccc2c3c(cccc13)C(=O)N(CCS)C2=O. The average molecular weight is 703 g/mol. The van der Waals surface area contributed by atoms with Crippen molar-refractivity contribution in [3.8, 4) is 0 Å². The maximum absolute atomic E-state index is 12.7. The van der Waals surface area contributed by atoms with E-state index in [1.54, 1.807) is 6.07 Å². The first-order valence-corrected chi connectivity index (χ1v) is 18.2. The quantitative estimate of drug-likeness (QED) is 0.112. The van der Waals surface area contributed by atoms with Crippen molar-refractivity contribution in [3.05, 3.63) is 82.9 Å². The van der Waals surface area contributed by atoms with Gasteiger partial charge < -0.3 is 9.80 Å². The van der Waals surface area contributed by atoms with Gasteiger partial charge in [-0.15, -0.1) is 0 Å². The molecular weight excluding hydrogens is 661 g/mol. The molecule has 0 saturated heterocycles. The lowest BCUT2D eigenvalue weighted by Gasteiger charge is -2.29. The van der Waals surface area contributed by atoms with Gasteiger partial charge in [-0.2, -0.15) is 37.9 Å². The molecule has 252 valence electrons. The van der Waals surface area contributed by atoms with Crippen molar-refractivity contribution in [3.63, 3.8) is 0 Å². The lowest BCUT2D eigenvalue weighted by atomic mass is 9.92. The standard InChI is InChI=1S/C19H22N2O2S.C18H20N2O2S2/c1-3-4-10-20(2)16-9-8-15-17-13(16)6-5-7-14(17)18(22)21(11-12-24)19(15)23;1-19(8-3-10-23)15-7-6-14-16-12(15)4-2-5-13(16)17(21)20(9-11-24)18(14)22/h5-9,24H,3-4,10-12H2,1-2H3;2,4-7,23-24H,3,8-11H2,1H3. The van der Waals surface area contributed by atoms with E-state index in [9.17, 15) is 19.2 Å². The highest BCUT2D eigenvalue weighted by Gasteiger charge is 2.34. The third-order valence-corrected chi connectivity index (χ3v) is 9.62. The van der Waals surface area contributed by atoms with Crippen molar-refractivity contribution in [2.24, 2.45) is 0 Å². The number of nitrogens with zero attached hydrogens (tertiary/aromatic N) is 4. The van der Waals surface area contributed by atoms with Crippen LogP contribution in [0.25, 0.3) is 21.5 Å². The van der Waals surface area contributed by atoms with Crippen LogP contribution in [0.4, 0.5) is 11.4 Å². The van der Waals surface area contributed by atoms with Crippen molar-refractivity contribution in [2.45, 2.75) is 26.2 Å². The molecule has 0 aliphatic carbocycles. The molecule has 0 aromatic heterocycles. The Hall–Kier alpha value is -3.67. The second-order valence-corrected chi connectivity index (χ2v) is 13.3. The number of benzene rings is 4. The number of rotatable bonds is 12. The zero-order valence-corrected chi connectivity index (χ0v) is 30.3. The largest absolute Gasteiger partial charge is 0.374 e. The Morgan fingerprint density at radius 2 is 0.938 bits per heavy atom. The van der Waals surface area contributed by atoms with Crippen molar-refractivity contribution in [1.29, 1.82) is 0 Å². The van der Waals surface area contributed by atoms with Crippen molar-refractivity contribution >= 4 is 94.4 Å². The van der Waals surface area contributed by atoms with Gasteiger partial charge in [-0.3, -0.25) is 29.0 Å². The van der Waals surface area contributed by atoms with Crippen LogP contribution < -0.4 is 9.80 Å². The molecule has 0 unspecified atom stereocenters. The van der Waals surface area contributed by atoms with E-state index in [-0.39, 0.29) is 23.6 Å². The van der Waals surface area contributed by atoms with Crippen LogP contribution in [-0.4, -0.2) is 91.0 Å². The molecule has 11 heteroatoms. The normalized spacial score (nSPS) is 13.7. The molecule has 0 bridgehead atoms. The summed E-state index contributed by atoms with van der Waals surface area (Å²) in [6, 6.07) is 19.0. The minimum Gasteiger partial charge on any atom is -0.374 e. The topological polar surface area (TPSA) is 81.2 Å². The highest BCUT2D eigenvalue weighted by atomic mass is 32.1. The number of hydrogen-bond donors (Lipinski definition) is 3. The molecule has 0 spiro atoms. The maximum atomic E-state index is 12.7. The fourth-order valence-corrected chi connectivity index (χ4v) is 7.02. The molecule has 0 atom stereocenters. The molecule has 8 nitrogen and oxygen atoms in total. The third kappa shape index (κ3) is 6.64. The molecule has 0 N–H and O–H groups in total. The lowest BCUT2D eigenvalue weighted by Crippen LogP contribution is -2.41. The number of hydrogen-bond acceptors (Lipinski definition) is 9. The number of anilines is 2. The number of imide groups is 2. The Labute approximate surface area is 298 Å². The Morgan fingerprint density at radius 3 is 1.31 bits per heavy atom. The van der Waals surface area contributed by atoms with Crippen LogP contribution in [0.15, 0.2) is 60.7 Å². The summed E-state index contributed by atoms with van der Waals surface area (Å²) in [5.74, 6) is 0.820.